The van der Waals surface area contributed by atoms with Gasteiger partial charge in [0, 0.05) is 18.7 Å². The molecule has 6 nitrogen and oxygen atoms in total. The van der Waals surface area contributed by atoms with Crippen molar-refractivity contribution in [3.63, 3.8) is 0 Å². The average Bonchev–Trinajstić information content (AvgIpc) is 2.46. The van der Waals surface area contributed by atoms with Gasteiger partial charge in [0.2, 0.25) is 0 Å². The summed E-state index contributed by atoms with van der Waals surface area (Å²) < 4.78 is 5.29. The van der Waals surface area contributed by atoms with Gasteiger partial charge in [-0.2, -0.15) is 0 Å². The second kappa shape index (κ2) is 4.73. The van der Waals surface area contributed by atoms with E-state index in [1.165, 1.54) is 13.1 Å². The number of carbonyl (C=O) groups is 2. The molecule has 0 radical (unpaired) electrons. The van der Waals surface area contributed by atoms with Crippen LogP contribution in [0.4, 0.5) is 5.69 Å². The van der Waals surface area contributed by atoms with Crippen molar-refractivity contribution in [2.75, 3.05) is 11.9 Å². The Hall–Kier alpha value is -2.76. The third-order valence-corrected chi connectivity index (χ3v) is 2.88. The predicted molar refractivity (Wildman–Crippen MR) is 71.6 cm³/mol. The quantitative estimate of drug-likeness (QED) is 0.839. The first kappa shape index (κ1) is 12.3. The van der Waals surface area contributed by atoms with Crippen LogP contribution in [0.3, 0.4) is 0 Å². The van der Waals surface area contributed by atoms with E-state index in [0.29, 0.717) is 17.1 Å². The third kappa shape index (κ3) is 2.23. The number of hydrogen-bond donors (Lipinski definition) is 1. The minimum atomic E-state index is -0.193. The summed E-state index contributed by atoms with van der Waals surface area (Å²) in [5, 5.41) is 2.73. The molecule has 0 unspecified atom stereocenters. The molecule has 2 heterocycles. The van der Waals surface area contributed by atoms with E-state index in [4.69, 9.17) is 4.74 Å². The Balaban J connectivity index is 2.02. The van der Waals surface area contributed by atoms with Crippen LogP contribution in [0.1, 0.15) is 17.5 Å². The van der Waals surface area contributed by atoms with Gasteiger partial charge in [-0.05, 0) is 24.3 Å². The first-order valence-corrected chi connectivity index (χ1v) is 6.04. The van der Waals surface area contributed by atoms with Gasteiger partial charge in [0.25, 0.3) is 5.91 Å². The fourth-order valence-corrected chi connectivity index (χ4v) is 1.93. The van der Waals surface area contributed by atoms with E-state index in [-0.39, 0.29) is 24.1 Å². The van der Waals surface area contributed by atoms with Crippen LogP contribution in [0.15, 0.2) is 30.5 Å². The lowest BCUT2D eigenvalue weighted by atomic mass is 10.1. The summed E-state index contributed by atoms with van der Waals surface area (Å²) in [5.41, 5.74) is 1.99. The largest absolute Gasteiger partial charge is 0.482 e. The molecule has 100 valence electrons. The van der Waals surface area contributed by atoms with Crippen LogP contribution in [0.5, 0.6) is 5.75 Å². The van der Waals surface area contributed by atoms with Gasteiger partial charge in [-0.25, -0.2) is 9.97 Å². The lowest BCUT2D eigenvalue weighted by molar-refractivity contribution is -0.118. The van der Waals surface area contributed by atoms with Gasteiger partial charge in [0.1, 0.15) is 5.75 Å². The summed E-state index contributed by atoms with van der Waals surface area (Å²) in [6, 6.07) is 7.06. The van der Waals surface area contributed by atoms with Crippen molar-refractivity contribution in [1.82, 2.24) is 9.97 Å². The monoisotopic (exact) mass is 269 g/mol. The Kier molecular flexibility index (Phi) is 2.90. The highest BCUT2D eigenvalue weighted by Gasteiger charge is 2.16. The number of benzene rings is 1. The average molecular weight is 269 g/mol. The molecule has 6 heteroatoms. The number of carbonyl (C=O) groups excluding carboxylic acids is 2. The summed E-state index contributed by atoms with van der Waals surface area (Å²) in [7, 11) is 0. The molecular weight excluding hydrogens is 258 g/mol. The van der Waals surface area contributed by atoms with Crippen molar-refractivity contribution >= 4 is 17.4 Å². The standard InChI is InChI=1S/C14H11N3O3/c1-8(18)14-15-5-4-10(17-14)9-2-3-12-11(6-9)16-13(19)7-20-12/h2-6H,7H2,1H3,(H,16,19). The van der Waals surface area contributed by atoms with Crippen molar-refractivity contribution in [2.45, 2.75) is 6.92 Å². The highest BCUT2D eigenvalue weighted by Crippen LogP contribution is 2.31. The van der Waals surface area contributed by atoms with Crippen molar-refractivity contribution < 1.29 is 14.3 Å². The van der Waals surface area contributed by atoms with E-state index >= 15 is 0 Å². The molecule has 0 bridgehead atoms. The number of ketones is 1. The van der Waals surface area contributed by atoms with E-state index < -0.39 is 0 Å². The summed E-state index contributed by atoms with van der Waals surface area (Å²) in [6.45, 7) is 1.44. The fraction of sp³-hybridized carbons (Fsp3) is 0.143. The SMILES string of the molecule is CC(=O)c1nccc(-c2ccc3c(c2)NC(=O)CO3)n1. The van der Waals surface area contributed by atoms with Crippen LogP contribution in [0, 0.1) is 0 Å². The van der Waals surface area contributed by atoms with Crippen molar-refractivity contribution in [1.29, 1.82) is 0 Å². The van der Waals surface area contributed by atoms with Gasteiger partial charge in [-0.15, -0.1) is 0 Å². The molecule has 0 atom stereocenters. The van der Waals surface area contributed by atoms with Gasteiger partial charge < -0.3 is 10.1 Å². The van der Waals surface area contributed by atoms with Crippen molar-refractivity contribution in [3.8, 4) is 17.0 Å². The summed E-state index contributed by atoms with van der Waals surface area (Å²) in [5.74, 6) is 0.401. The third-order valence-electron chi connectivity index (χ3n) is 2.88. The molecule has 1 aromatic heterocycles. The van der Waals surface area contributed by atoms with Gasteiger partial charge >= 0.3 is 0 Å². The smallest absolute Gasteiger partial charge is 0.262 e. The molecule has 1 amide bonds. The summed E-state index contributed by atoms with van der Waals surface area (Å²) in [4.78, 5) is 30.7. The van der Waals surface area contributed by atoms with Crippen LogP contribution in [-0.2, 0) is 4.79 Å². The number of nitrogens with zero attached hydrogens (tertiary/aromatic N) is 2. The predicted octanol–water partition coefficient (Wildman–Crippen LogP) is 1.68. The van der Waals surface area contributed by atoms with Crippen LogP contribution in [0.2, 0.25) is 0 Å². The van der Waals surface area contributed by atoms with Crippen LogP contribution in [-0.4, -0.2) is 28.3 Å². The molecule has 20 heavy (non-hydrogen) atoms. The minimum Gasteiger partial charge on any atom is -0.482 e. The molecule has 3 rings (SSSR count). The molecular formula is C14H11N3O3. The molecule has 1 N–H and O–H groups in total. The maximum absolute atomic E-state index is 11.3. The number of hydrogen-bond acceptors (Lipinski definition) is 5. The first-order chi connectivity index (χ1) is 9.63. The summed E-state index contributed by atoms with van der Waals surface area (Å²) in [6.07, 6.45) is 1.54. The molecule has 2 aromatic rings. The van der Waals surface area contributed by atoms with E-state index in [0.717, 1.165) is 5.56 Å². The molecule has 1 aliphatic heterocycles. The van der Waals surface area contributed by atoms with Gasteiger partial charge in [-0.1, -0.05) is 0 Å². The number of Topliss-reactive ketones (excluding diaryl/α,β-unsaturated/α-hetero) is 1. The van der Waals surface area contributed by atoms with E-state index in [1.54, 1.807) is 18.2 Å². The van der Waals surface area contributed by atoms with E-state index in [9.17, 15) is 9.59 Å². The number of nitrogens with one attached hydrogen (secondary N) is 1. The van der Waals surface area contributed by atoms with Crippen molar-refractivity contribution in [2.24, 2.45) is 0 Å². The number of fused-ring (bicyclic) bond motifs is 1. The molecule has 1 aromatic carbocycles. The number of anilines is 1. The molecule has 0 aliphatic carbocycles. The lowest BCUT2D eigenvalue weighted by Crippen LogP contribution is -2.25. The fourth-order valence-electron chi connectivity index (χ4n) is 1.93. The van der Waals surface area contributed by atoms with E-state index in [1.807, 2.05) is 6.07 Å². The molecule has 0 saturated carbocycles. The highest BCUT2D eigenvalue weighted by atomic mass is 16.5. The van der Waals surface area contributed by atoms with Gasteiger partial charge in [0.05, 0.1) is 11.4 Å². The number of rotatable bonds is 2. The minimum absolute atomic E-state index is 0.0222. The molecule has 0 fully saturated rings. The number of aromatic nitrogens is 2. The second-order valence-electron chi connectivity index (χ2n) is 4.37. The van der Waals surface area contributed by atoms with E-state index in [2.05, 4.69) is 15.3 Å². The highest BCUT2D eigenvalue weighted by molar-refractivity contribution is 5.96. The number of amides is 1. The number of ether oxygens (including phenoxy) is 1. The maximum Gasteiger partial charge on any atom is 0.262 e. The normalized spacial score (nSPS) is 13.2. The Morgan fingerprint density at radius 2 is 2.20 bits per heavy atom. The Bertz CT molecular complexity index is 713. The Labute approximate surface area is 114 Å². The molecule has 0 saturated heterocycles. The summed E-state index contributed by atoms with van der Waals surface area (Å²) >= 11 is 0. The van der Waals surface area contributed by atoms with Crippen molar-refractivity contribution in [3.05, 3.63) is 36.3 Å². The molecule has 0 spiro atoms. The topological polar surface area (TPSA) is 81.2 Å². The Morgan fingerprint density at radius 3 is 3.00 bits per heavy atom. The molecule has 1 aliphatic rings. The maximum atomic E-state index is 11.3. The first-order valence-electron chi connectivity index (χ1n) is 6.04. The van der Waals surface area contributed by atoms with Gasteiger partial charge in [-0.3, -0.25) is 9.59 Å². The van der Waals surface area contributed by atoms with Gasteiger partial charge in [0.15, 0.2) is 18.2 Å². The zero-order chi connectivity index (χ0) is 14.1. The van der Waals surface area contributed by atoms with Crippen LogP contribution >= 0.6 is 0 Å². The zero-order valence-corrected chi connectivity index (χ0v) is 10.7. The Morgan fingerprint density at radius 1 is 1.35 bits per heavy atom. The van der Waals surface area contributed by atoms with Crippen LogP contribution in [0.25, 0.3) is 11.3 Å². The zero-order valence-electron chi connectivity index (χ0n) is 10.7. The lowest BCUT2D eigenvalue weighted by Gasteiger charge is -2.18. The second-order valence-corrected chi connectivity index (χ2v) is 4.37. The van der Waals surface area contributed by atoms with Crippen LogP contribution < -0.4 is 10.1 Å².